The van der Waals surface area contributed by atoms with E-state index in [0.29, 0.717) is 11.3 Å². The molecule has 4 saturated carbocycles. The van der Waals surface area contributed by atoms with Gasteiger partial charge in [0, 0.05) is 5.56 Å². The summed E-state index contributed by atoms with van der Waals surface area (Å²) < 4.78 is 5.58. The quantitative estimate of drug-likeness (QED) is 0.428. The molecule has 3 N–H and O–H groups in total. The number of hydrogen-bond acceptors (Lipinski definition) is 4. The molecule has 1 unspecified atom stereocenters. The van der Waals surface area contributed by atoms with Crippen molar-refractivity contribution in [3.05, 3.63) is 65.7 Å². The summed E-state index contributed by atoms with van der Waals surface area (Å²) in [6, 6.07) is 17.7. The fraction of sp³-hybridized carbons (Fsp3) is 0.433. The van der Waals surface area contributed by atoms with E-state index in [4.69, 9.17) is 9.84 Å². The van der Waals surface area contributed by atoms with Crippen LogP contribution < -0.4 is 4.74 Å². The van der Waals surface area contributed by atoms with Crippen LogP contribution in [0, 0.1) is 17.8 Å². The van der Waals surface area contributed by atoms with Crippen LogP contribution >= 0.6 is 0 Å². The van der Waals surface area contributed by atoms with E-state index in [1.165, 1.54) is 19.3 Å². The van der Waals surface area contributed by atoms with Crippen molar-refractivity contribution in [2.45, 2.75) is 50.0 Å². The molecule has 5 nitrogen and oxygen atoms in total. The van der Waals surface area contributed by atoms with Crippen LogP contribution in [0.15, 0.2) is 54.6 Å². The van der Waals surface area contributed by atoms with Crippen LogP contribution in [0.4, 0.5) is 0 Å². The van der Waals surface area contributed by atoms with Crippen molar-refractivity contribution in [3.8, 4) is 16.9 Å². The molecule has 0 aromatic heterocycles. The van der Waals surface area contributed by atoms with Gasteiger partial charge in [0.25, 0.3) is 0 Å². The average Bonchev–Trinajstić information content (AvgIpc) is 2.85. The lowest BCUT2D eigenvalue weighted by atomic mass is 9.47. The Morgan fingerprint density at radius 1 is 0.971 bits per heavy atom. The molecular weight excluding hydrogens is 440 g/mol. The van der Waals surface area contributed by atoms with Crippen LogP contribution in [0.25, 0.3) is 21.9 Å². The fourth-order valence-electron chi connectivity index (χ4n) is 7.69. The number of aliphatic hydroxyl groups is 2. The monoisotopic (exact) mass is 472 g/mol. The van der Waals surface area contributed by atoms with E-state index in [1.807, 2.05) is 30.3 Å². The van der Waals surface area contributed by atoms with Gasteiger partial charge in [0.15, 0.2) is 0 Å². The molecule has 4 fully saturated rings. The minimum Gasteiger partial charge on any atom is -0.491 e. The Morgan fingerprint density at radius 3 is 2.20 bits per heavy atom. The zero-order chi connectivity index (χ0) is 24.2. The van der Waals surface area contributed by atoms with E-state index < -0.39 is 12.1 Å². The van der Waals surface area contributed by atoms with Crippen molar-refractivity contribution < 1.29 is 24.9 Å². The van der Waals surface area contributed by atoms with E-state index in [9.17, 15) is 15.0 Å². The highest BCUT2D eigenvalue weighted by Crippen LogP contribution is 2.62. The molecule has 182 valence electrons. The summed E-state index contributed by atoms with van der Waals surface area (Å²) in [5.41, 5.74) is 3.08. The lowest BCUT2D eigenvalue weighted by Crippen LogP contribution is -2.49. The minimum absolute atomic E-state index is 0.000653. The molecule has 3 aromatic rings. The predicted octanol–water partition coefficient (Wildman–Crippen LogP) is 5.40. The molecule has 0 heterocycles. The zero-order valence-corrected chi connectivity index (χ0v) is 19.8. The number of carboxylic acids is 1. The molecule has 5 heteroatoms. The number of benzene rings is 3. The maximum atomic E-state index is 13.0. The van der Waals surface area contributed by atoms with Crippen LogP contribution in [0.1, 0.15) is 54.4 Å². The molecule has 4 bridgehead atoms. The van der Waals surface area contributed by atoms with Crippen LogP contribution in [0.2, 0.25) is 0 Å². The van der Waals surface area contributed by atoms with Crippen LogP contribution in [-0.2, 0) is 5.41 Å². The minimum atomic E-state index is -0.936. The number of rotatable bonds is 7. The van der Waals surface area contributed by atoms with Crippen molar-refractivity contribution in [2.75, 3.05) is 13.2 Å². The van der Waals surface area contributed by atoms with Crippen LogP contribution in [0.3, 0.4) is 0 Å². The van der Waals surface area contributed by atoms with Gasteiger partial charge >= 0.3 is 5.97 Å². The summed E-state index contributed by atoms with van der Waals surface area (Å²) in [6.45, 7) is -0.357. The molecule has 35 heavy (non-hydrogen) atoms. The third-order valence-electron chi connectivity index (χ3n) is 8.67. The topological polar surface area (TPSA) is 87.0 Å². The second-order valence-corrected chi connectivity index (χ2v) is 11.1. The van der Waals surface area contributed by atoms with Crippen molar-refractivity contribution in [1.29, 1.82) is 0 Å². The number of ether oxygens (including phenoxy) is 1. The van der Waals surface area contributed by atoms with Crippen molar-refractivity contribution >= 4 is 16.7 Å². The third kappa shape index (κ3) is 3.91. The van der Waals surface area contributed by atoms with Gasteiger partial charge < -0.3 is 20.1 Å². The Balaban J connectivity index is 1.50. The highest BCUT2D eigenvalue weighted by Gasteiger charge is 2.53. The molecular formula is C30H32O5. The highest BCUT2D eigenvalue weighted by molar-refractivity contribution is 6.09. The van der Waals surface area contributed by atoms with Crippen molar-refractivity contribution in [2.24, 2.45) is 17.8 Å². The van der Waals surface area contributed by atoms with Gasteiger partial charge in [-0.3, -0.25) is 0 Å². The van der Waals surface area contributed by atoms with Gasteiger partial charge in [0.05, 0.1) is 12.2 Å². The second-order valence-electron chi connectivity index (χ2n) is 11.1. The first-order chi connectivity index (χ1) is 17.0. The molecule has 0 amide bonds. The summed E-state index contributed by atoms with van der Waals surface area (Å²) in [6.07, 6.45) is 6.33. The maximum absolute atomic E-state index is 13.0. The lowest BCUT2D eigenvalue weighted by Gasteiger charge is -2.57. The first kappa shape index (κ1) is 22.6. The van der Waals surface area contributed by atoms with Gasteiger partial charge in [0.1, 0.15) is 18.5 Å². The summed E-state index contributed by atoms with van der Waals surface area (Å²) in [4.78, 5) is 13.0. The molecule has 0 radical (unpaired) electrons. The molecule has 3 aromatic carbocycles. The lowest BCUT2D eigenvalue weighted by molar-refractivity contribution is -0.00573. The van der Waals surface area contributed by atoms with Gasteiger partial charge in [-0.1, -0.05) is 36.4 Å². The van der Waals surface area contributed by atoms with Gasteiger partial charge in [-0.05, 0) is 102 Å². The molecule has 4 aliphatic rings. The van der Waals surface area contributed by atoms with Gasteiger partial charge in [-0.2, -0.15) is 0 Å². The molecule has 0 saturated heterocycles. The van der Waals surface area contributed by atoms with E-state index in [-0.39, 0.29) is 18.6 Å². The zero-order valence-electron chi connectivity index (χ0n) is 19.8. The molecule has 1 atom stereocenters. The van der Waals surface area contributed by atoms with Gasteiger partial charge in [-0.15, -0.1) is 0 Å². The van der Waals surface area contributed by atoms with Crippen molar-refractivity contribution in [3.63, 3.8) is 0 Å². The van der Waals surface area contributed by atoms with E-state index in [0.717, 1.165) is 64.5 Å². The number of hydrogen-bond donors (Lipinski definition) is 3. The largest absolute Gasteiger partial charge is 0.491 e. The van der Waals surface area contributed by atoms with E-state index in [1.54, 1.807) is 12.1 Å². The Hall–Kier alpha value is -2.89. The molecule has 7 rings (SSSR count). The predicted molar refractivity (Wildman–Crippen MR) is 135 cm³/mol. The summed E-state index contributed by atoms with van der Waals surface area (Å²) in [7, 11) is 0. The number of carbonyl (C=O) groups is 1. The highest BCUT2D eigenvalue weighted by atomic mass is 16.5. The fourth-order valence-corrected chi connectivity index (χ4v) is 7.69. The Labute approximate surface area is 205 Å². The normalized spacial score (nSPS) is 27.8. The molecule has 0 aliphatic heterocycles. The number of aromatic carboxylic acids is 1. The SMILES string of the molecule is O=C(O)c1c(C23CC4CC(CC(C4)C2)C3)cc2ccccc2c1-c1ccc(OCC(O)CO)cc1. The number of fused-ring (bicyclic) bond motifs is 1. The Morgan fingerprint density at radius 2 is 1.60 bits per heavy atom. The Bertz CT molecular complexity index is 1230. The molecule has 0 spiro atoms. The maximum Gasteiger partial charge on any atom is 0.336 e. The number of carboxylic acid groups (broad SMARTS) is 1. The average molecular weight is 473 g/mol. The second kappa shape index (κ2) is 8.65. The van der Waals surface area contributed by atoms with Crippen molar-refractivity contribution in [1.82, 2.24) is 0 Å². The van der Waals surface area contributed by atoms with Gasteiger partial charge in [-0.25, -0.2) is 4.79 Å². The molecule has 4 aliphatic carbocycles. The first-order valence-electron chi connectivity index (χ1n) is 12.8. The number of aliphatic hydroxyl groups excluding tert-OH is 2. The smallest absolute Gasteiger partial charge is 0.336 e. The summed E-state index contributed by atoms with van der Waals surface area (Å²) in [5, 5.41) is 31.2. The standard InChI is InChI=1S/C30H32O5/c31-16-23(32)17-35-24-7-5-21(6-8-24)27-25-4-2-1-3-22(25)12-26(28(27)29(33)34)30-13-18-9-19(14-30)11-20(10-18)15-30/h1-8,12,18-20,23,31-32H,9-11,13-17H2,(H,33,34). The van der Waals surface area contributed by atoms with E-state index in [2.05, 4.69) is 12.1 Å². The summed E-state index contributed by atoms with van der Waals surface area (Å²) in [5.74, 6) is 1.89. The summed E-state index contributed by atoms with van der Waals surface area (Å²) >= 11 is 0. The first-order valence-corrected chi connectivity index (χ1v) is 12.8. The van der Waals surface area contributed by atoms with Crippen LogP contribution in [-0.4, -0.2) is 40.6 Å². The van der Waals surface area contributed by atoms with Crippen LogP contribution in [0.5, 0.6) is 5.75 Å². The van der Waals surface area contributed by atoms with Gasteiger partial charge in [0.2, 0.25) is 0 Å². The Kier molecular flexibility index (Phi) is 5.58. The third-order valence-corrected chi connectivity index (χ3v) is 8.67. The van der Waals surface area contributed by atoms with E-state index >= 15 is 0 Å².